The molecule has 0 saturated carbocycles. The number of carbonyl (C=O) groups is 1. The normalized spacial score (nSPS) is 11.3. The number of ketones is 1. The summed E-state index contributed by atoms with van der Waals surface area (Å²) in [5.74, 6) is 1.52. The minimum absolute atomic E-state index is 0.0819. The highest BCUT2D eigenvalue weighted by atomic mass is 32.2. The summed E-state index contributed by atoms with van der Waals surface area (Å²) in [5, 5.41) is 4.25. The Bertz CT molecular complexity index is 1400. The zero-order valence-corrected chi connectivity index (χ0v) is 18.5. The van der Waals surface area contributed by atoms with Gasteiger partial charge in [0.25, 0.3) is 0 Å². The minimum atomic E-state index is -3.61. The third-order valence-electron chi connectivity index (χ3n) is 4.82. The maximum absolute atomic E-state index is 12.7. The topological polar surface area (TPSA) is 104 Å². The van der Waals surface area contributed by atoms with Gasteiger partial charge in [-0.3, -0.25) is 4.79 Å². The van der Waals surface area contributed by atoms with Gasteiger partial charge in [0.2, 0.25) is 15.7 Å². The van der Waals surface area contributed by atoms with Crippen LogP contribution in [0.4, 0.5) is 0 Å². The van der Waals surface area contributed by atoms with E-state index in [0.29, 0.717) is 28.6 Å². The molecule has 32 heavy (non-hydrogen) atoms. The number of hydrogen-bond acceptors (Lipinski definition) is 7. The first-order chi connectivity index (χ1) is 15.3. The largest absolute Gasteiger partial charge is 0.439 e. The maximum atomic E-state index is 12.7. The number of hydrogen-bond donors (Lipinski definition) is 0. The van der Waals surface area contributed by atoms with Crippen molar-refractivity contribution in [3.8, 4) is 17.4 Å². The summed E-state index contributed by atoms with van der Waals surface area (Å²) in [6.45, 7) is 4.99. The zero-order chi connectivity index (χ0) is 22.9. The van der Waals surface area contributed by atoms with Gasteiger partial charge in [0.15, 0.2) is 11.6 Å². The molecule has 162 valence electrons. The van der Waals surface area contributed by atoms with Crippen LogP contribution in [0.25, 0.3) is 5.82 Å². The molecule has 4 rings (SSSR count). The van der Waals surface area contributed by atoms with Crippen LogP contribution in [0.1, 0.15) is 28.8 Å². The number of sulfone groups is 1. The highest BCUT2D eigenvalue weighted by Gasteiger charge is 2.18. The molecule has 2 aromatic heterocycles. The van der Waals surface area contributed by atoms with E-state index in [4.69, 9.17) is 4.74 Å². The van der Waals surface area contributed by atoms with Crippen LogP contribution in [0.5, 0.6) is 11.6 Å². The van der Waals surface area contributed by atoms with E-state index in [0.717, 1.165) is 0 Å². The molecule has 0 atom stereocenters. The number of carbonyl (C=O) groups excluding carboxylic acids is 1. The van der Waals surface area contributed by atoms with Crippen LogP contribution in [0.3, 0.4) is 0 Å². The smallest absolute Gasteiger partial charge is 0.224 e. The second-order valence-electron chi connectivity index (χ2n) is 7.11. The average Bonchev–Trinajstić information content (AvgIpc) is 3.16. The Morgan fingerprint density at radius 2 is 1.59 bits per heavy atom. The van der Waals surface area contributed by atoms with E-state index in [2.05, 4.69) is 15.1 Å². The first kappa shape index (κ1) is 21.4. The standard InChI is InChI=1S/C23H20N4O4S/c1-15-21(16(2)28)14-24-27(15)22-13-23(26-17(3)25-22)31-18-9-11-20(12-10-18)32(29,30)19-7-5-4-6-8-19/h4-14H,1-3H3. The Morgan fingerprint density at radius 1 is 0.938 bits per heavy atom. The van der Waals surface area contributed by atoms with Crippen LogP contribution < -0.4 is 4.74 Å². The fourth-order valence-electron chi connectivity index (χ4n) is 3.22. The average molecular weight is 449 g/mol. The SMILES string of the molecule is CC(=O)c1cnn(-c2cc(Oc3ccc(S(=O)(=O)c4ccccc4)cc3)nc(C)n2)c1C. The molecular formula is C23H20N4O4S. The molecule has 0 N–H and O–H groups in total. The molecule has 2 heterocycles. The van der Waals surface area contributed by atoms with Crippen molar-refractivity contribution in [2.24, 2.45) is 0 Å². The minimum Gasteiger partial charge on any atom is -0.439 e. The van der Waals surface area contributed by atoms with Gasteiger partial charge in [-0.05, 0) is 57.2 Å². The Balaban J connectivity index is 1.61. The van der Waals surface area contributed by atoms with Crippen LogP contribution in [0.15, 0.2) is 76.7 Å². The second-order valence-corrected chi connectivity index (χ2v) is 9.06. The van der Waals surface area contributed by atoms with Crippen LogP contribution in [0, 0.1) is 13.8 Å². The molecule has 0 fully saturated rings. The van der Waals surface area contributed by atoms with E-state index in [9.17, 15) is 13.2 Å². The molecule has 8 nitrogen and oxygen atoms in total. The van der Waals surface area contributed by atoms with Crippen LogP contribution in [0.2, 0.25) is 0 Å². The first-order valence-corrected chi connectivity index (χ1v) is 11.2. The Labute approximate surface area is 185 Å². The van der Waals surface area contributed by atoms with E-state index in [1.165, 1.54) is 25.3 Å². The lowest BCUT2D eigenvalue weighted by Gasteiger charge is -2.10. The lowest BCUT2D eigenvalue weighted by atomic mass is 10.2. The van der Waals surface area contributed by atoms with Crippen molar-refractivity contribution in [3.63, 3.8) is 0 Å². The van der Waals surface area contributed by atoms with Gasteiger partial charge < -0.3 is 4.74 Å². The molecule has 2 aromatic carbocycles. The molecule has 0 aliphatic carbocycles. The first-order valence-electron chi connectivity index (χ1n) is 9.75. The van der Waals surface area contributed by atoms with Gasteiger partial charge in [0.1, 0.15) is 11.6 Å². The molecule has 0 bridgehead atoms. The summed E-state index contributed by atoms with van der Waals surface area (Å²) in [4.78, 5) is 20.8. The predicted octanol–water partition coefficient (Wildman–Crippen LogP) is 4.11. The zero-order valence-electron chi connectivity index (χ0n) is 17.7. The van der Waals surface area contributed by atoms with E-state index >= 15 is 0 Å². The predicted molar refractivity (Wildman–Crippen MR) is 117 cm³/mol. The van der Waals surface area contributed by atoms with Crippen molar-refractivity contribution in [3.05, 3.63) is 83.9 Å². The Kier molecular flexibility index (Phi) is 5.58. The van der Waals surface area contributed by atoms with Gasteiger partial charge in [0.05, 0.1) is 27.2 Å². The van der Waals surface area contributed by atoms with Crippen LogP contribution in [-0.2, 0) is 9.84 Å². The summed E-state index contributed by atoms with van der Waals surface area (Å²) in [7, 11) is -3.61. The fourth-order valence-corrected chi connectivity index (χ4v) is 4.50. The molecule has 0 amide bonds. The van der Waals surface area contributed by atoms with Crippen molar-refractivity contribution < 1.29 is 17.9 Å². The fraction of sp³-hybridized carbons (Fsp3) is 0.130. The number of benzene rings is 2. The third-order valence-corrected chi connectivity index (χ3v) is 6.60. The number of ether oxygens (including phenoxy) is 1. The van der Waals surface area contributed by atoms with E-state index in [-0.39, 0.29) is 21.5 Å². The van der Waals surface area contributed by atoms with Crippen molar-refractivity contribution in [1.29, 1.82) is 0 Å². The van der Waals surface area contributed by atoms with Gasteiger partial charge in [0, 0.05) is 6.07 Å². The van der Waals surface area contributed by atoms with Gasteiger partial charge >= 0.3 is 0 Å². The number of aryl methyl sites for hydroxylation is 1. The monoisotopic (exact) mass is 448 g/mol. The van der Waals surface area contributed by atoms with Gasteiger partial charge in [-0.1, -0.05) is 18.2 Å². The van der Waals surface area contributed by atoms with Crippen LogP contribution in [-0.4, -0.2) is 33.9 Å². The van der Waals surface area contributed by atoms with Crippen LogP contribution >= 0.6 is 0 Å². The molecule has 0 saturated heterocycles. The summed E-state index contributed by atoms with van der Waals surface area (Å²) in [5.41, 5.74) is 1.18. The number of Topliss-reactive ketones (excluding diaryl/α,β-unsaturated/α-hetero) is 1. The quantitative estimate of drug-likeness (QED) is 0.409. The molecule has 0 radical (unpaired) electrons. The molecular weight excluding hydrogens is 428 g/mol. The van der Waals surface area contributed by atoms with Crippen molar-refractivity contribution in [2.75, 3.05) is 0 Å². The third kappa shape index (κ3) is 4.15. The molecule has 9 heteroatoms. The van der Waals surface area contributed by atoms with E-state index < -0.39 is 9.84 Å². The van der Waals surface area contributed by atoms with Crippen molar-refractivity contribution in [1.82, 2.24) is 19.7 Å². The van der Waals surface area contributed by atoms with Gasteiger partial charge in [-0.25, -0.2) is 18.1 Å². The second kappa shape index (κ2) is 8.35. The summed E-state index contributed by atoms with van der Waals surface area (Å²) >= 11 is 0. The Morgan fingerprint density at radius 3 is 2.22 bits per heavy atom. The molecule has 0 aliphatic heterocycles. The van der Waals surface area contributed by atoms with Gasteiger partial charge in [-0.2, -0.15) is 10.1 Å². The lowest BCUT2D eigenvalue weighted by Crippen LogP contribution is -2.06. The van der Waals surface area contributed by atoms with E-state index in [1.807, 2.05) is 0 Å². The van der Waals surface area contributed by atoms with Crippen molar-refractivity contribution in [2.45, 2.75) is 30.6 Å². The molecule has 0 aliphatic rings. The highest BCUT2D eigenvalue weighted by Crippen LogP contribution is 2.26. The lowest BCUT2D eigenvalue weighted by molar-refractivity contribution is 0.101. The summed E-state index contributed by atoms with van der Waals surface area (Å²) < 4.78 is 32.9. The maximum Gasteiger partial charge on any atom is 0.224 e. The number of nitrogens with zero attached hydrogens (tertiary/aromatic N) is 4. The molecule has 0 spiro atoms. The number of rotatable bonds is 6. The Hall–Kier alpha value is -3.85. The number of aromatic nitrogens is 4. The molecule has 0 unspecified atom stereocenters. The summed E-state index contributed by atoms with van der Waals surface area (Å²) in [6, 6.07) is 16.0. The highest BCUT2D eigenvalue weighted by molar-refractivity contribution is 7.91. The molecule has 4 aromatic rings. The van der Waals surface area contributed by atoms with Gasteiger partial charge in [-0.15, -0.1) is 0 Å². The van der Waals surface area contributed by atoms with Crippen molar-refractivity contribution >= 4 is 15.6 Å². The van der Waals surface area contributed by atoms with E-state index in [1.54, 1.807) is 67.1 Å². The summed E-state index contributed by atoms with van der Waals surface area (Å²) in [6.07, 6.45) is 1.50.